The number of fused-ring (bicyclic) bond motifs is 2. The van der Waals surface area contributed by atoms with E-state index in [4.69, 9.17) is 8.83 Å². The highest BCUT2D eigenvalue weighted by molar-refractivity contribution is 5.88. The van der Waals surface area contributed by atoms with E-state index in [1.165, 1.54) is 0 Å². The van der Waals surface area contributed by atoms with Crippen LogP contribution in [-0.4, -0.2) is 0 Å². The fraction of sp³-hybridized carbons (Fsp3) is 0. The number of hydrogen-bond donors (Lipinski definition) is 0. The Morgan fingerprint density at radius 1 is 0.283 bits per heavy atom. The summed E-state index contributed by atoms with van der Waals surface area (Å²) in [6.45, 7) is 0. The van der Waals surface area contributed by atoms with Crippen LogP contribution in [-0.2, 0) is 0 Å². The molecule has 0 radical (unpaired) electrons. The molecule has 0 unspecified atom stereocenters. The summed E-state index contributed by atoms with van der Waals surface area (Å²) in [7, 11) is 0. The summed E-state index contributed by atoms with van der Waals surface area (Å²) in [5.74, 6) is 1.13. The first-order chi connectivity index (χ1) is 29.6. The maximum absolute atomic E-state index is 12.7. The average molecular weight is 779 g/mol. The van der Waals surface area contributed by atoms with E-state index in [1.807, 2.05) is 170 Å². The molecule has 10 aromatic rings. The van der Waals surface area contributed by atoms with Gasteiger partial charge in [-0.2, -0.15) is 0 Å². The van der Waals surface area contributed by atoms with Crippen LogP contribution in [0.5, 0.6) is 0 Å². The molecular formula is C54H38N2O4. The summed E-state index contributed by atoms with van der Waals surface area (Å²) >= 11 is 0. The van der Waals surface area contributed by atoms with Crippen LogP contribution in [0.4, 0.5) is 34.1 Å². The van der Waals surface area contributed by atoms with Gasteiger partial charge < -0.3 is 18.6 Å². The van der Waals surface area contributed by atoms with Crippen LogP contribution >= 0.6 is 0 Å². The summed E-state index contributed by atoms with van der Waals surface area (Å²) in [5, 5.41) is 1.14. The maximum atomic E-state index is 12.7. The van der Waals surface area contributed by atoms with Gasteiger partial charge in [-0.1, -0.05) is 133 Å². The molecule has 10 rings (SSSR count). The second-order valence-corrected chi connectivity index (χ2v) is 14.1. The van der Waals surface area contributed by atoms with E-state index in [-0.39, 0.29) is 10.9 Å². The average Bonchev–Trinajstić information content (AvgIpc) is 3.31. The number of benzene rings is 8. The van der Waals surface area contributed by atoms with Gasteiger partial charge in [-0.25, -0.2) is 0 Å². The highest BCUT2D eigenvalue weighted by Crippen LogP contribution is 2.37. The minimum Gasteiger partial charge on any atom is -0.456 e. The van der Waals surface area contributed by atoms with Crippen LogP contribution in [0.15, 0.2) is 249 Å². The predicted octanol–water partition coefficient (Wildman–Crippen LogP) is 13.9. The van der Waals surface area contributed by atoms with Gasteiger partial charge >= 0.3 is 0 Å². The molecule has 0 spiro atoms. The van der Waals surface area contributed by atoms with Crippen LogP contribution in [0.2, 0.25) is 0 Å². The molecular weight excluding hydrogens is 741 g/mol. The van der Waals surface area contributed by atoms with Gasteiger partial charge in [0.1, 0.15) is 22.7 Å². The van der Waals surface area contributed by atoms with Crippen molar-refractivity contribution in [3.05, 3.63) is 251 Å². The van der Waals surface area contributed by atoms with Crippen LogP contribution in [0, 0.1) is 0 Å². The Morgan fingerprint density at radius 2 is 0.567 bits per heavy atom. The number of hydrogen-bond acceptors (Lipinski definition) is 6. The van der Waals surface area contributed by atoms with Gasteiger partial charge in [-0.05, 0) is 72.8 Å². The smallest absolute Gasteiger partial charge is 0.193 e. The van der Waals surface area contributed by atoms with Gasteiger partial charge in [0.15, 0.2) is 10.9 Å². The molecule has 60 heavy (non-hydrogen) atoms. The molecule has 6 heteroatoms. The quantitative estimate of drug-likeness (QED) is 0.153. The third kappa shape index (κ3) is 7.99. The first kappa shape index (κ1) is 37.4. The lowest BCUT2D eigenvalue weighted by Crippen LogP contribution is -2.10. The second-order valence-electron chi connectivity index (χ2n) is 14.1. The zero-order chi connectivity index (χ0) is 40.7. The Balaban J connectivity index is 0.000000154. The molecule has 2 aromatic heterocycles. The van der Waals surface area contributed by atoms with E-state index in [0.29, 0.717) is 33.5 Å². The fourth-order valence-electron chi connectivity index (χ4n) is 7.26. The molecule has 2 heterocycles. The number of para-hydroxylation sites is 4. The summed E-state index contributed by atoms with van der Waals surface area (Å²) in [4.78, 5) is 29.7. The van der Waals surface area contributed by atoms with E-state index in [0.717, 1.165) is 45.3 Å². The lowest BCUT2D eigenvalue weighted by atomic mass is 10.1. The molecule has 6 nitrogen and oxygen atoms in total. The number of rotatable bonds is 8. The van der Waals surface area contributed by atoms with Crippen molar-refractivity contribution in [2.45, 2.75) is 0 Å². The van der Waals surface area contributed by atoms with Crippen molar-refractivity contribution in [3.8, 4) is 22.6 Å². The highest BCUT2D eigenvalue weighted by Gasteiger charge is 2.16. The summed E-state index contributed by atoms with van der Waals surface area (Å²) in [5.41, 5.74) is 8.77. The summed E-state index contributed by atoms with van der Waals surface area (Å²) in [6.07, 6.45) is 0. The summed E-state index contributed by atoms with van der Waals surface area (Å²) < 4.78 is 12.3. The van der Waals surface area contributed by atoms with Crippen LogP contribution in [0.25, 0.3) is 44.6 Å². The Kier molecular flexibility index (Phi) is 10.6. The predicted molar refractivity (Wildman–Crippen MR) is 245 cm³/mol. The van der Waals surface area contributed by atoms with Gasteiger partial charge in [0.2, 0.25) is 0 Å². The lowest BCUT2D eigenvalue weighted by molar-refractivity contribution is 0.618. The first-order valence-electron chi connectivity index (χ1n) is 19.7. The topological polar surface area (TPSA) is 66.9 Å². The van der Waals surface area contributed by atoms with Crippen LogP contribution in [0.3, 0.4) is 0 Å². The van der Waals surface area contributed by atoms with E-state index in [1.54, 1.807) is 12.1 Å². The molecule has 0 saturated heterocycles. The Hall–Kier alpha value is -8.22. The largest absolute Gasteiger partial charge is 0.456 e. The fourth-order valence-corrected chi connectivity index (χ4v) is 7.26. The third-order valence-corrected chi connectivity index (χ3v) is 10.1. The van der Waals surface area contributed by atoms with Crippen LogP contribution in [0.1, 0.15) is 0 Å². The zero-order valence-electron chi connectivity index (χ0n) is 32.5. The first-order valence-corrected chi connectivity index (χ1v) is 19.7. The highest BCUT2D eigenvalue weighted by atomic mass is 16.3. The van der Waals surface area contributed by atoms with Crippen molar-refractivity contribution in [1.29, 1.82) is 0 Å². The molecule has 288 valence electrons. The van der Waals surface area contributed by atoms with E-state index in [2.05, 4.69) is 58.3 Å². The Labute approximate surface area is 347 Å². The standard InChI is InChI=1S/2C27H19NO2/c2*29-25-19-26(20-10-4-1-5-11-20)30-27-18-23(16-17-24(25)27)28(21-12-6-2-7-13-21)22-14-8-3-9-15-22/h2*1-19H. The van der Waals surface area contributed by atoms with Crippen LogP contribution < -0.4 is 20.7 Å². The Bertz CT molecular complexity index is 2820. The monoisotopic (exact) mass is 778 g/mol. The Morgan fingerprint density at radius 3 is 0.867 bits per heavy atom. The number of anilines is 6. The van der Waals surface area contributed by atoms with Gasteiger partial charge in [0.05, 0.1) is 10.8 Å². The number of nitrogens with zero attached hydrogens (tertiary/aromatic N) is 2. The molecule has 0 N–H and O–H groups in total. The normalized spacial score (nSPS) is 10.8. The maximum Gasteiger partial charge on any atom is 0.193 e. The second kappa shape index (κ2) is 17.1. The molecule has 0 aliphatic heterocycles. The van der Waals surface area contributed by atoms with Crippen molar-refractivity contribution in [1.82, 2.24) is 0 Å². The van der Waals surface area contributed by atoms with Gasteiger partial charge in [0.25, 0.3) is 0 Å². The van der Waals surface area contributed by atoms with Crippen molar-refractivity contribution < 1.29 is 8.83 Å². The molecule has 0 fully saturated rings. The summed E-state index contributed by atoms with van der Waals surface area (Å²) in [6, 6.07) is 74.6. The minimum absolute atomic E-state index is 0.0485. The van der Waals surface area contributed by atoms with Gasteiger partial charge in [-0.3, -0.25) is 9.59 Å². The minimum atomic E-state index is -0.0485. The molecule has 0 amide bonds. The van der Waals surface area contributed by atoms with Crippen molar-refractivity contribution in [3.63, 3.8) is 0 Å². The van der Waals surface area contributed by atoms with Crippen molar-refractivity contribution >= 4 is 56.1 Å². The molecule has 0 aliphatic rings. The lowest BCUT2D eigenvalue weighted by Gasteiger charge is -2.25. The van der Waals surface area contributed by atoms with Gasteiger partial charge in [0, 0.05) is 69.5 Å². The van der Waals surface area contributed by atoms with Gasteiger partial charge in [-0.15, -0.1) is 0 Å². The zero-order valence-corrected chi connectivity index (χ0v) is 32.5. The molecule has 0 atom stereocenters. The van der Waals surface area contributed by atoms with E-state index >= 15 is 0 Å². The van der Waals surface area contributed by atoms with E-state index in [9.17, 15) is 9.59 Å². The molecule has 0 bridgehead atoms. The molecule has 0 aliphatic carbocycles. The third-order valence-electron chi connectivity index (χ3n) is 10.1. The van der Waals surface area contributed by atoms with E-state index < -0.39 is 0 Å². The molecule has 8 aromatic carbocycles. The SMILES string of the molecule is O=c1cc(-c2ccccc2)oc2cc(N(c3ccccc3)c3ccccc3)ccc12.O=c1cc(-c2ccccc2)oc2cc(N(c3ccccc3)c3ccccc3)ccc12. The molecule has 0 saturated carbocycles. The van der Waals surface area contributed by atoms with Crippen molar-refractivity contribution in [2.75, 3.05) is 9.80 Å². The van der Waals surface area contributed by atoms with Crippen molar-refractivity contribution in [2.24, 2.45) is 0 Å².